The highest BCUT2D eigenvalue weighted by atomic mass is 19.1. The molecule has 1 atom stereocenters. The van der Waals surface area contributed by atoms with E-state index in [0.29, 0.717) is 6.54 Å². The number of benzene rings is 1. The maximum Gasteiger partial charge on any atom is 0.256 e. The van der Waals surface area contributed by atoms with Crippen LogP contribution in [0.1, 0.15) is 22.3 Å². The van der Waals surface area contributed by atoms with E-state index in [9.17, 15) is 13.6 Å². The molecule has 5 heteroatoms. The van der Waals surface area contributed by atoms with Gasteiger partial charge in [-0.1, -0.05) is 0 Å². The summed E-state index contributed by atoms with van der Waals surface area (Å²) in [7, 11) is 1.65. The zero-order valence-corrected chi connectivity index (χ0v) is 10.5. The molecule has 1 N–H and O–H groups in total. The fraction of sp³-hybridized carbons (Fsp3) is 0.462. The number of carbonyl (C=O) groups excluding carboxylic acids is 1. The highest BCUT2D eigenvalue weighted by Gasteiger charge is 2.26. The van der Waals surface area contributed by atoms with Gasteiger partial charge in [0.15, 0.2) is 0 Å². The Hall–Kier alpha value is -1.49. The molecule has 1 amide bonds. The Labute approximate surface area is 105 Å². The van der Waals surface area contributed by atoms with Gasteiger partial charge in [-0.2, -0.15) is 0 Å². The second kappa shape index (κ2) is 5.02. The number of carbonyl (C=O) groups is 1. The monoisotopic (exact) mass is 254 g/mol. The summed E-state index contributed by atoms with van der Waals surface area (Å²) in [4.78, 5) is 13.7. The summed E-state index contributed by atoms with van der Waals surface area (Å²) in [5.41, 5.74) is 0.209. The predicted molar refractivity (Wildman–Crippen MR) is 64.5 cm³/mol. The molecule has 1 unspecified atom stereocenters. The Morgan fingerprint density at radius 3 is 2.72 bits per heavy atom. The van der Waals surface area contributed by atoms with Crippen molar-refractivity contribution in [2.75, 3.05) is 20.1 Å². The fourth-order valence-corrected chi connectivity index (χ4v) is 2.15. The van der Waals surface area contributed by atoms with Crippen LogP contribution in [0.2, 0.25) is 0 Å². The quantitative estimate of drug-likeness (QED) is 0.871. The molecule has 1 heterocycles. The summed E-state index contributed by atoms with van der Waals surface area (Å²) in [5.74, 6) is -1.83. The average molecular weight is 254 g/mol. The molecule has 18 heavy (non-hydrogen) atoms. The first-order valence-corrected chi connectivity index (χ1v) is 5.94. The van der Waals surface area contributed by atoms with Crippen molar-refractivity contribution in [1.82, 2.24) is 10.2 Å². The number of hydrogen-bond donors (Lipinski definition) is 1. The van der Waals surface area contributed by atoms with Crippen LogP contribution in [-0.4, -0.2) is 37.0 Å². The fourth-order valence-electron chi connectivity index (χ4n) is 2.15. The highest BCUT2D eigenvalue weighted by Crippen LogP contribution is 2.18. The first-order chi connectivity index (χ1) is 8.50. The summed E-state index contributed by atoms with van der Waals surface area (Å²) >= 11 is 0. The van der Waals surface area contributed by atoms with Crippen LogP contribution in [0.15, 0.2) is 12.1 Å². The van der Waals surface area contributed by atoms with Gasteiger partial charge in [-0.15, -0.1) is 0 Å². The van der Waals surface area contributed by atoms with Crippen LogP contribution in [-0.2, 0) is 0 Å². The molecule has 1 aliphatic heterocycles. The van der Waals surface area contributed by atoms with E-state index in [4.69, 9.17) is 0 Å². The normalized spacial score (nSPS) is 19.0. The van der Waals surface area contributed by atoms with Crippen molar-refractivity contribution in [3.05, 3.63) is 34.9 Å². The van der Waals surface area contributed by atoms with Gasteiger partial charge in [0.1, 0.15) is 11.6 Å². The van der Waals surface area contributed by atoms with Gasteiger partial charge < -0.3 is 10.2 Å². The molecule has 98 valence electrons. The summed E-state index contributed by atoms with van der Waals surface area (Å²) in [5, 5.41) is 3.15. The second-order valence-corrected chi connectivity index (χ2v) is 4.64. The maximum atomic E-state index is 13.6. The van der Waals surface area contributed by atoms with E-state index in [1.54, 1.807) is 7.05 Å². The van der Waals surface area contributed by atoms with Gasteiger partial charge in [-0.05, 0) is 31.5 Å². The lowest BCUT2D eigenvalue weighted by atomic mass is 10.1. The van der Waals surface area contributed by atoms with Gasteiger partial charge in [0, 0.05) is 25.7 Å². The summed E-state index contributed by atoms with van der Waals surface area (Å²) < 4.78 is 26.8. The largest absolute Gasteiger partial charge is 0.337 e. The molecular formula is C13H16F2N2O. The summed E-state index contributed by atoms with van der Waals surface area (Å²) in [6.07, 6.45) is 0.851. The van der Waals surface area contributed by atoms with E-state index in [0.717, 1.165) is 19.0 Å². The Morgan fingerprint density at radius 1 is 1.39 bits per heavy atom. The van der Waals surface area contributed by atoms with Gasteiger partial charge in [0.2, 0.25) is 0 Å². The predicted octanol–water partition coefficient (Wildman–Crippen LogP) is 1.71. The van der Waals surface area contributed by atoms with E-state index in [1.807, 2.05) is 0 Å². The molecule has 3 nitrogen and oxygen atoms in total. The molecule has 1 fully saturated rings. The lowest BCUT2D eigenvalue weighted by Crippen LogP contribution is -2.38. The third-order valence-electron chi connectivity index (χ3n) is 3.38. The Bertz CT molecular complexity index is 470. The van der Waals surface area contributed by atoms with E-state index in [-0.39, 0.29) is 17.2 Å². The van der Waals surface area contributed by atoms with Crippen molar-refractivity contribution in [3.63, 3.8) is 0 Å². The van der Waals surface area contributed by atoms with Crippen molar-refractivity contribution in [1.29, 1.82) is 0 Å². The number of hydrogen-bond acceptors (Lipinski definition) is 2. The number of aryl methyl sites for hydroxylation is 1. The molecule has 0 saturated carbocycles. The molecule has 2 rings (SSSR count). The standard InChI is InChI=1S/C13H16F2N2O/c1-8-5-10(12(15)6-11(8)14)13(18)17(2)9-3-4-16-7-9/h5-6,9,16H,3-4,7H2,1-2H3. The van der Waals surface area contributed by atoms with Gasteiger partial charge in [0.25, 0.3) is 5.91 Å². The molecule has 0 spiro atoms. The molecule has 1 saturated heterocycles. The van der Waals surface area contributed by atoms with Crippen molar-refractivity contribution in [3.8, 4) is 0 Å². The number of amides is 1. The van der Waals surface area contributed by atoms with Crippen molar-refractivity contribution in [2.45, 2.75) is 19.4 Å². The Balaban J connectivity index is 2.25. The zero-order valence-electron chi connectivity index (χ0n) is 10.5. The van der Waals surface area contributed by atoms with Gasteiger partial charge in [0.05, 0.1) is 5.56 Å². The van der Waals surface area contributed by atoms with Crippen LogP contribution in [0.5, 0.6) is 0 Å². The molecule has 1 aromatic carbocycles. The van der Waals surface area contributed by atoms with Crippen LogP contribution in [0, 0.1) is 18.6 Å². The third kappa shape index (κ3) is 2.36. The van der Waals surface area contributed by atoms with Gasteiger partial charge in [-0.3, -0.25) is 4.79 Å². The molecule has 1 aliphatic rings. The minimum Gasteiger partial charge on any atom is -0.337 e. The minimum atomic E-state index is -0.805. The van der Waals surface area contributed by atoms with E-state index >= 15 is 0 Å². The van der Waals surface area contributed by atoms with Crippen LogP contribution in [0.25, 0.3) is 0 Å². The first kappa shape index (κ1) is 13.0. The number of likely N-dealkylation sites (N-methyl/N-ethyl adjacent to an activating group) is 1. The van der Waals surface area contributed by atoms with Crippen molar-refractivity contribution in [2.24, 2.45) is 0 Å². The number of halogens is 2. The maximum absolute atomic E-state index is 13.6. The van der Waals surface area contributed by atoms with Crippen LogP contribution in [0.4, 0.5) is 8.78 Å². The summed E-state index contributed by atoms with van der Waals surface area (Å²) in [6, 6.07) is 2.11. The number of rotatable bonds is 2. The third-order valence-corrected chi connectivity index (χ3v) is 3.38. The van der Waals surface area contributed by atoms with Crippen LogP contribution in [0.3, 0.4) is 0 Å². The molecule has 1 aromatic rings. The lowest BCUT2D eigenvalue weighted by Gasteiger charge is -2.24. The lowest BCUT2D eigenvalue weighted by molar-refractivity contribution is 0.0739. The summed E-state index contributed by atoms with van der Waals surface area (Å²) in [6.45, 7) is 3.08. The first-order valence-electron chi connectivity index (χ1n) is 5.94. The highest BCUT2D eigenvalue weighted by molar-refractivity contribution is 5.94. The van der Waals surface area contributed by atoms with E-state index < -0.39 is 17.5 Å². The second-order valence-electron chi connectivity index (χ2n) is 4.64. The van der Waals surface area contributed by atoms with Gasteiger partial charge >= 0.3 is 0 Å². The minimum absolute atomic E-state index is 0.0664. The van der Waals surface area contributed by atoms with Crippen molar-refractivity contribution >= 4 is 5.91 Å². The number of nitrogens with zero attached hydrogens (tertiary/aromatic N) is 1. The average Bonchev–Trinajstić information content (AvgIpc) is 2.85. The van der Waals surface area contributed by atoms with Crippen molar-refractivity contribution < 1.29 is 13.6 Å². The molecule has 0 radical (unpaired) electrons. The van der Waals surface area contributed by atoms with Crippen LogP contribution < -0.4 is 5.32 Å². The molecular weight excluding hydrogens is 238 g/mol. The molecule has 0 aliphatic carbocycles. The Kier molecular flexibility index (Phi) is 3.61. The number of nitrogens with one attached hydrogen (secondary N) is 1. The molecule has 0 aromatic heterocycles. The molecule has 0 bridgehead atoms. The van der Waals surface area contributed by atoms with Gasteiger partial charge in [-0.25, -0.2) is 8.78 Å². The zero-order chi connectivity index (χ0) is 13.3. The smallest absolute Gasteiger partial charge is 0.256 e. The Morgan fingerprint density at radius 2 is 2.11 bits per heavy atom. The van der Waals surface area contributed by atoms with E-state index in [2.05, 4.69) is 5.32 Å². The SMILES string of the molecule is Cc1cc(C(=O)N(C)C2CCNC2)c(F)cc1F. The topological polar surface area (TPSA) is 32.3 Å². The van der Waals surface area contributed by atoms with Crippen LogP contribution >= 0.6 is 0 Å². The van der Waals surface area contributed by atoms with E-state index in [1.165, 1.54) is 17.9 Å².